The fourth-order valence-electron chi connectivity index (χ4n) is 2.14. The number of hydrogen-bond acceptors (Lipinski definition) is 4. The van der Waals surface area contributed by atoms with Crippen LogP contribution in [0.3, 0.4) is 0 Å². The van der Waals surface area contributed by atoms with Crippen LogP contribution in [0.1, 0.15) is 36.6 Å². The molecular weight excluding hydrogens is 294 g/mol. The second-order valence-electron chi connectivity index (χ2n) is 5.51. The third-order valence-corrected chi connectivity index (χ3v) is 6.74. The van der Waals surface area contributed by atoms with Crippen molar-refractivity contribution in [3.05, 3.63) is 28.7 Å². The van der Waals surface area contributed by atoms with Crippen molar-refractivity contribution in [2.75, 3.05) is 0 Å². The summed E-state index contributed by atoms with van der Waals surface area (Å²) in [4.78, 5) is 13.2. The predicted octanol–water partition coefficient (Wildman–Crippen LogP) is 2.92. The maximum absolute atomic E-state index is 12.3. The van der Waals surface area contributed by atoms with Crippen LogP contribution in [0.4, 0.5) is 0 Å². The van der Waals surface area contributed by atoms with Gasteiger partial charge in [0.05, 0.1) is 5.41 Å². The van der Waals surface area contributed by atoms with Crippen LogP contribution in [-0.4, -0.2) is 14.3 Å². The lowest BCUT2D eigenvalue weighted by Crippen LogP contribution is -2.42. The molecule has 1 aromatic rings. The van der Waals surface area contributed by atoms with Gasteiger partial charge >= 0.3 is 0 Å². The normalized spacial score (nSPS) is 22.8. The molecule has 0 aromatic carbocycles. The van der Waals surface area contributed by atoms with E-state index in [0.29, 0.717) is 12.8 Å². The van der Waals surface area contributed by atoms with E-state index in [-0.39, 0.29) is 4.21 Å². The number of thiophene rings is 1. The Morgan fingerprint density at radius 3 is 2.55 bits per heavy atom. The number of amides is 1. The Hall–Kier alpha value is -1.14. The average molecular weight is 313 g/mol. The van der Waals surface area contributed by atoms with Gasteiger partial charge in [0.15, 0.2) is 0 Å². The average Bonchev–Trinajstić information content (AvgIpc) is 2.71. The Labute approximate surface area is 123 Å². The van der Waals surface area contributed by atoms with E-state index >= 15 is 0 Å². The van der Waals surface area contributed by atoms with Crippen LogP contribution in [0, 0.1) is 19.3 Å². The number of aryl methyl sites for hydroxylation is 2. The topological polar surface area (TPSA) is 63.2 Å². The lowest BCUT2D eigenvalue weighted by molar-refractivity contribution is -0.128. The van der Waals surface area contributed by atoms with E-state index in [1.165, 1.54) is 11.3 Å². The SMILES string of the molecule is Cc1cc(S(=O)(=O)NC(=O)C2(C)CC=CCC2)sc1C. The third-order valence-electron chi connectivity index (χ3n) is 3.78. The highest BCUT2D eigenvalue weighted by Gasteiger charge is 2.35. The maximum Gasteiger partial charge on any atom is 0.273 e. The van der Waals surface area contributed by atoms with Gasteiger partial charge in [-0.05, 0) is 44.7 Å². The molecule has 0 saturated carbocycles. The molecule has 1 aliphatic carbocycles. The van der Waals surface area contributed by atoms with E-state index in [1.54, 1.807) is 6.07 Å². The molecular formula is C14H19NO3S2. The molecule has 1 heterocycles. The van der Waals surface area contributed by atoms with Crippen molar-refractivity contribution >= 4 is 27.3 Å². The molecule has 0 aliphatic heterocycles. The first-order chi connectivity index (χ1) is 9.24. The highest BCUT2D eigenvalue weighted by Crippen LogP contribution is 2.33. The molecule has 2 rings (SSSR count). The molecule has 0 radical (unpaired) electrons. The lowest BCUT2D eigenvalue weighted by atomic mass is 9.78. The van der Waals surface area contributed by atoms with Crippen molar-refractivity contribution in [3.63, 3.8) is 0 Å². The van der Waals surface area contributed by atoms with E-state index in [9.17, 15) is 13.2 Å². The van der Waals surface area contributed by atoms with Crippen LogP contribution < -0.4 is 4.72 Å². The van der Waals surface area contributed by atoms with Crippen LogP contribution in [0.5, 0.6) is 0 Å². The van der Waals surface area contributed by atoms with Gasteiger partial charge in [0, 0.05) is 4.88 Å². The van der Waals surface area contributed by atoms with Crippen molar-refractivity contribution in [2.24, 2.45) is 5.41 Å². The second kappa shape index (κ2) is 5.33. The Bertz CT molecular complexity index is 638. The Morgan fingerprint density at radius 1 is 1.35 bits per heavy atom. The van der Waals surface area contributed by atoms with Gasteiger partial charge in [-0.3, -0.25) is 4.79 Å². The summed E-state index contributed by atoms with van der Waals surface area (Å²) in [6.45, 7) is 5.54. The van der Waals surface area contributed by atoms with Crippen LogP contribution >= 0.6 is 11.3 Å². The van der Waals surface area contributed by atoms with Crippen molar-refractivity contribution in [3.8, 4) is 0 Å². The zero-order chi connectivity index (χ0) is 15.0. The predicted molar refractivity (Wildman–Crippen MR) is 80.2 cm³/mol. The van der Waals surface area contributed by atoms with Crippen molar-refractivity contribution in [2.45, 2.75) is 44.2 Å². The van der Waals surface area contributed by atoms with Crippen LogP contribution in [0.2, 0.25) is 0 Å². The van der Waals surface area contributed by atoms with Gasteiger partial charge in [0.2, 0.25) is 5.91 Å². The molecule has 0 bridgehead atoms. The summed E-state index contributed by atoms with van der Waals surface area (Å²) in [5.74, 6) is -0.412. The zero-order valence-electron chi connectivity index (χ0n) is 11.9. The van der Waals surface area contributed by atoms with Gasteiger partial charge in [-0.2, -0.15) is 0 Å². The Balaban J connectivity index is 2.20. The summed E-state index contributed by atoms with van der Waals surface area (Å²) < 4.78 is 26.9. The van der Waals surface area contributed by atoms with Gasteiger partial charge < -0.3 is 0 Å². The minimum absolute atomic E-state index is 0.204. The minimum atomic E-state index is -3.75. The molecule has 0 saturated heterocycles. The highest BCUT2D eigenvalue weighted by atomic mass is 32.2. The number of carbonyl (C=O) groups excluding carboxylic acids is 1. The minimum Gasteiger partial charge on any atom is -0.273 e. The van der Waals surface area contributed by atoms with E-state index in [4.69, 9.17) is 0 Å². The third kappa shape index (κ3) is 2.96. The zero-order valence-corrected chi connectivity index (χ0v) is 13.5. The van der Waals surface area contributed by atoms with E-state index in [1.807, 2.05) is 32.9 Å². The van der Waals surface area contributed by atoms with Gasteiger partial charge in [0.25, 0.3) is 10.0 Å². The van der Waals surface area contributed by atoms with Crippen LogP contribution in [0.15, 0.2) is 22.4 Å². The maximum atomic E-state index is 12.3. The van der Waals surface area contributed by atoms with Crippen LogP contribution in [-0.2, 0) is 14.8 Å². The smallest absolute Gasteiger partial charge is 0.273 e. The van der Waals surface area contributed by atoms with Gasteiger partial charge in [-0.1, -0.05) is 19.1 Å². The summed E-state index contributed by atoms with van der Waals surface area (Å²) in [6.07, 6.45) is 6.02. The molecule has 1 amide bonds. The summed E-state index contributed by atoms with van der Waals surface area (Å²) in [5, 5.41) is 0. The molecule has 1 unspecified atom stereocenters. The number of nitrogens with one attached hydrogen (secondary N) is 1. The molecule has 1 aliphatic rings. The monoisotopic (exact) mass is 313 g/mol. The molecule has 0 spiro atoms. The molecule has 0 fully saturated rings. The molecule has 1 atom stereocenters. The molecule has 4 nitrogen and oxygen atoms in total. The number of hydrogen-bond donors (Lipinski definition) is 1. The fraction of sp³-hybridized carbons (Fsp3) is 0.500. The number of rotatable bonds is 3. The largest absolute Gasteiger partial charge is 0.273 e. The number of allylic oxidation sites excluding steroid dienone is 2. The fourth-order valence-corrected chi connectivity index (χ4v) is 4.76. The number of carbonyl (C=O) groups is 1. The first kappa shape index (κ1) is 15.3. The molecule has 6 heteroatoms. The lowest BCUT2D eigenvalue weighted by Gasteiger charge is -2.28. The quantitative estimate of drug-likeness (QED) is 0.873. The highest BCUT2D eigenvalue weighted by molar-refractivity contribution is 7.92. The van der Waals surface area contributed by atoms with Gasteiger partial charge in [-0.15, -0.1) is 11.3 Å². The number of sulfonamides is 1. The summed E-state index contributed by atoms with van der Waals surface area (Å²) in [5.41, 5.74) is 0.290. The van der Waals surface area contributed by atoms with E-state index in [2.05, 4.69) is 4.72 Å². The summed E-state index contributed by atoms with van der Waals surface area (Å²) in [7, 11) is -3.75. The summed E-state index contributed by atoms with van der Waals surface area (Å²) in [6, 6.07) is 1.61. The Kier molecular flexibility index (Phi) is 4.07. The second-order valence-corrected chi connectivity index (χ2v) is 8.68. The van der Waals surface area contributed by atoms with Crippen LogP contribution in [0.25, 0.3) is 0 Å². The Morgan fingerprint density at radius 2 is 2.05 bits per heavy atom. The van der Waals surface area contributed by atoms with Crippen molar-refractivity contribution in [1.29, 1.82) is 0 Å². The van der Waals surface area contributed by atoms with Crippen molar-refractivity contribution < 1.29 is 13.2 Å². The molecule has 110 valence electrons. The first-order valence-electron chi connectivity index (χ1n) is 6.54. The standard InChI is InChI=1S/C14H19NO3S2/c1-10-9-12(19-11(10)2)20(17,18)15-13(16)14(3)7-5-4-6-8-14/h4-5,9H,6-8H2,1-3H3,(H,15,16). The summed E-state index contributed by atoms with van der Waals surface area (Å²) >= 11 is 1.19. The van der Waals surface area contributed by atoms with E-state index in [0.717, 1.165) is 16.9 Å². The molecule has 1 aromatic heterocycles. The molecule has 1 N–H and O–H groups in total. The van der Waals surface area contributed by atoms with Gasteiger partial charge in [-0.25, -0.2) is 13.1 Å². The molecule has 20 heavy (non-hydrogen) atoms. The van der Waals surface area contributed by atoms with Crippen molar-refractivity contribution in [1.82, 2.24) is 4.72 Å². The van der Waals surface area contributed by atoms with E-state index < -0.39 is 21.3 Å². The van der Waals surface area contributed by atoms with Gasteiger partial charge in [0.1, 0.15) is 4.21 Å². The first-order valence-corrected chi connectivity index (χ1v) is 8.84.